The van der Waals surface area contributed by atoms with Crippen LogP contribution in [0.1, 0.15) is 12.5 Å². The van der Waals surface area contributed by atoms with Crippen molar-refractivity contribution in [1.82, 2.24) is 6.15 Å². The van der Waals surface area contributed by atoms with Crippen LogP contribution >= 0.6 is 11.6 Å². The number of hydrogen-bond donors (Lipinski definition) is 1. The Morgan fingerprint density at radius 1 is 1.30 bits per heavy atom. The van der Waals surface area contributed by atoms with Crippen molar-refractivity contribution in [2.24, 2.45) is 0 Å². The molecule has 0 radical (unpaired) electrons. The Hall–Kier alpha value is -0.530. The highest BCUT2D eigenvalue weighted by atomic mass is 35.5. The molecule has 0 saturated heterocycles. The third kappa shape index (κ3) is 2.01. The van der Waals surface area contributed by atoms with Gasteiger partial charge in [-0.3, -0.25) is 0 Å². The van der Waals surface area contributed by atoms with Gasteiger partial charge in [0.05, 0.1) is 0 Å². The molecule has 2 heteroatoms. The van der Waals surface area contributed by atoms with Crippen LogP contribution in [0.2, 0.25) is 5.02 Å². The van der Waals surface area contributed by atoms with Gasteiger partial charge in [0, 0.05) is 5.02 Å². The lowest BCUT2D eigenvalue weighted by Crippen LogP contribution is -1.78. The fourth-order valence-electron chi connectivity index (χ4n) is 0.785. The summed E-state index contributed by atoms with van der Waals surface area (Å²) in [6.45, 7) is 2.10. The standard InChI is InChI=1S/C8H9Cl.H3N/c1-2-7-5-3-4-6-8(7)9;/h3-6H,2H2,1H3;1H3. The molecule has 1 nitrogen and oxygen atoms in total. The van der Waals surface area contributed by atoms with Gasteiger partial charge in [-0.05, 0) is 18.1 Å². The fraction of sp³-hybridized carbons (Fsp3) is 0.250. The quantitative estimate of drug-likeness (QED) is 0.668. The average molecular weight is 158 g/mol. The highest BCUT2D eigenvalue weighted by Gasteiger charge is 1.91. The first-order valence-corrected chi connectivity index (χ1v) is 3.45. The molecule has 0 heterocycles. The molecule has 0 amide bonds. The van der Waals surface area contributed by atoms with Crippen LogP contribution in [0, 0.1) is 0 Å². The molecule has 0 spiro atoms. The van der Waals surface area contributed by atoms with Crippen LogP contribution in [0.25, 0.3) is 0 Å². The summed E-state index contributed by atoms with van der Waals surface area (Å²) >= 11 is 5.82. The monoisotopic (exact) mass is 157 g/mol. The molecule has 1 rings (SSSR count). The lowest BCUT2D eigenvalue weighted by atomic mass is 10.2. The van der Waals surface area contributed by atoms with Crippen LogP contribution in [0.15, 0.2) is 24.3 Å². The summed E-state index contributed by atoms with van der Waals surface area (Å²) < 4.78 is 0. The van der Waals surface area contributed by atoms with Gasteiger partial charge in [-0.15, -0.1) is 0 Å². The minimum absolute atomic E-state index is 0. The molecule has 0 bridgehead atoms. The van der Waals surface area contributed by atoms with Gasteiger partial charge in [0.1, 0.15) is 0 Å². The first-order valence-electron chi connectivity index (χ1n) is 3.08. The minimum Gasteiger partial charge on any atom is -0.344 e. The summed E-state index contributed by atoms with van der Waals surface area (Å²) in [6.07, 6.45) is 1.01. The topological polar surface area (TPSA) is 35.0 Å². The predicted octanol–water partition coefficient (Wildman–Crippen LogP) is 3.06. The Bertz CT molecular complexity index is 198. The van der Waals surface area contributed by atoms with Gasteiger partial charge in [0.2, 0.25) is 0 Å². The van der Waals surface area contributed by atoms with Crippen LogP contribution in [0.3, 0.4) is 0 Å². The predicted molar refractivity (Wildman–Crippen MR) is 45.9 cm³/mol. The van der Waals surface area contributed by atoms with E-state index < -0.39 is 0 Å². The Balaban J connectivity index is 0.000000810. The van der Waals surface area contributed by atoms with Gasteiger partial charge in [0.25, 0.3) is 0 Å². The summed E-state index contributed by atoms with van der Waals surface area (Å²) in [4.78, 5) is 0. The third-order valence-corrected chi connectivity index (χ3v) is 1.71. The summed E-state index contributed by atoms with van der Waals surface area (Å²) in [5.41, 5.74) is 1.22. The van der Waals surface area contributed by atoms with Crippen LogP contribution in [-0.2, 0) is 6.42 Å². The molecule has 10 heavy (non-hydrogen) atoms. The molecular formula is C8H12ClN. The molecule has 0 aromatic heterocycles. The Morgan fingerprint density at radius 2 is 1.90 bits per heavy atom. The number of halogens is 1. The maximum atomic E-state index is 5.82. The van der Waals surface area contributed by atoms with E-state index in [9.17, 15) is 0 Å². The van der Waals surface area contributed by atoms with Gasteiger partial charge in [-0.25, -0.2) is 0 Å². The molecule has 0 aliphatic carbocycles. The smallest absolute Gasteiger partial charge is 0.0437 e. The van der Waals surface area contributed by atoms with E-state index in [-0.39, 0.29) is 6.15 Å². The van der Waals surface area contributed by atoms with Crippen molar-refractivity contribution in [2.45, 2.75) is 13.3 Å². The van der Waals surface area contributed by atoms with Crippen molar-refractivity contribution in [3.05, 3.63) is 34.9 Å². The van der Waals surface area contributed by atoms with Crippen molar-refractivity contribution < 1.29 is 0 Å². The van der Waals surface area contributed by atoms with Gasteiger partial charge >= 0.3 is 0 Å². The van der Waals surface area contributed by atoms with Crippen molar-refractivity contribution in [1.29, 1.82) is 0 Å². The van der Waals surface area contributed by atoms with E-state index in [4.69, 9.17) is 11.6 Å². The molecule has 0 unspecified atom stereocenters. The maximum Gasteiger partial charge on any atom is 0.0437 e. The molecule has 0 atom stereocenters. The molecular weight excluding hydrogens is 146 g/mol. The highest BCUT2D eigenvalue weighted by Crippen LogP contribution is 2.14. The van der Waals surface area contributed by atoms with E-state index >= 15 is 0 Å². The van der Waals surface area contributed by atoms with Crippen LogP contribution in [0.5, 0.6) is 0 Å². The number of benzene rings is 1. The largest absolute Gasteiger partial charge is 0.344 e. The molecule has 0 aliphatic rings. The highest BCUT2D eigenvalue weighted by molar-refractivity contribution is 6.31. The summed E-state index contributed by atoms with van der Waals surface area (Å²) in [7, 11) is 0. The zero-order valence-corrected chi connectivity index (χ0v) is 6.86. The zero-order chi connectivity index (χ0) is 6.69. The number of rotatable bonds is 1. The maximum absolute atomic E-state index is 5.82. The van der Waals surface area contributed by atoms with Crippen molar-refractivity contribution in [3.63, 3.8) is 0 Å². The SMILES string of the molecule is CCc1ccccc1Cl.N. The van der Waals surface area contributed by atoms with Crippen LogP contribution in [-0.4, -0.2) is 0 Å². The van der Waals surface area contributed by atoms with E-state index in [2.05, 4.69) is 6.92 Å². The molecule has 1 aromatic rings. The van der Waals surface area contributed by atoms with Gasteiger partial charge in [0.15, 0.2) is 0 Å². The molecule has 0 saturated carbocycles. The minimum atomic E-state index is 0. The van der Waals surface area contributed by atoms with Crippen LogP contribution in [0.4, 0.5) is 0 Å². The molecule has 0 aliphatic heterocycles. The summed E-state index contributed by atoms with van der Waals surface area (Å²) in [5.74, 6) is 0. The van der Waals surface area contributed by atoms with Gasteiger partial charge < -0.3 is 6.15 Å². The van der Waals surface area contributed by atoms with E-state index in [1.807, 2.05) is 24.3 Å². The van der Waals surface area contributed by atoms with E-state index in [1.54, 1.807) is 0 Å². The molecule has 3 N–H and O–H groups in total. The normalized spacial score (nSPS) is 8.60. The molecule has 0 fully saturated rings. The van der Waals surface area contributed by atoms with E-state index in [1.165, 1.54) is 5.56 Å². The van der Waals surface area contributed by atoms with Gasteiger partial charge in [-0.2, -0.15) is 0 Å². The average Bonchev–Trinajstić information content (AvgIpc) is 1.89. The Kier molecular flexibility index (Phi) is 4.08. The summed E-state index contributed by atoms with van der Waals surface area (Å²) in [5, 5.41) is 0.875. The van der Waals surface area contributed by atoms with E-state index in [0.717, 1.165) is 11.4 Å². The second-order valence-corrected chi connectivity index (χ2v) is 2.35. The van der Waals surface area contributed by atoms with Crippen molar-refractivity contribution >= 4 is 11.6 Å². The fourth-order valence-corrected chi connectivity index (χ4v) is 1.05. The van der Waals surface area contributed by atoms with Gasteiger partial charge in [-0.1, -0.05) is 36.7 Å². The molecule has 56 valence electrons. The lowest BCUT2D eigenvalue weighted by Gasteiger charge is -1.96. The number of hydrogen-bond acceptors (Lipinski definition) is 1. The second kappa shape index (κ2) is 4.31. The Labute approximate surface area is 66.6 Å². The summed E-state index contributed by atoms with van der Waals surface area (Å²) in [6, 6.07) is 7.91. The zero-order valence-electron chi connectivity index (χ0n) is 6.10. The lowest BCUT2D eigenvalue weighted by molar-refractivity contribution is 1.14. The number of aryl methyl sites for hydroxylation is 1. The third-order valence-electron chi connectivity index (χ3n) is 1.34. The first-order chi connectivity index (χ1) is 4.34. The Morgan fingerprint density at radius 3 is 2.30 bits per heavy atom. The first kappa shape index (κ1) is 9.47. The second-order valence-electron chi connectivity index (χ2n) is 1.94. The van der Waals surface area contributed by atoms with Crippen LogP contribution < -0.4 is 6.15 Å². The van der Waals surface area contributed by atoms with E-state index in [0.29, 0.717) is 0 Å². The molecule has 1 aromatic carbocycles. The van der Waals surface area contributed by atoms with Crippen molar-refractivity contribution in [3.8, 4) is 0 Å². The van der Waals surface area contributed by atoms with Crippen molar-refractivity contribution in [2.75, 3.05) is 0 Å².